The molecule has 0 aromatic heterocycles. The zero-order valence-corrected chi connectivity index (χ0v) is 14.7. The van der Waals surface area contributed by atoms with Gasteiger partial charge in [-0.05, 0) is 31.6 Å². The molecule has 3 aliphatic heterocycles. The summed E-state index contributed by atoms with van der Waals surface area (Å²) in [6.07, 6.45) is 6.06. The molecule has 3 N–H and O–H groups in total. The number of carboxylic acid groups (broad SMARTS) is 1. The van der Waals surface area contributed by atoms with Gasteiger partial charge in [0.2, 0.25) is 0 Å². The van der Waals surface area contributed by atoms with Gasteiger partial charge in [0.15, 0.2) is 0 Å². The Morgan fingerprint density at radius 1 is 1.38 bits per heavy atom. The number of hydrogen-bond acceptors (Lipinski definition) is 5. The SMILES string of the molecule is CC[C@@H]1C[C@H]1NC1COC2(CCN(C3(CC(=O)O)CNC3)CC2)C1. The normalized spacial score (nSPS) is 37.3. The molecule has 0 bridgehead atoms. The van der Waals surface area contributed by atoms with Gasteiger partial charge in [-0.2, -0.15) is 0 Å². The Morgan fingerprint density at radius 3 is 2.67 bits per heavy atom. The molecular weight excluding hydrogens is 306 g/mol. The number of carboxylic acids is 1. The van der Waals surface area contributed by atoms with Crippen molar-refractivity contribution in [2.75, 3.05) is 32.8 Å². The topological polar surface area (TPSA) is 73.8 Å². The predicted octanol–water partition coefficient (Wildman–Crippen LogP) is 0.815. The van der Waals surface area contributed by atoms with E-state index in [0.29, 0.717) is 6.04 Å². The van der Waals surface area contributed by atoms with Crippen LogP contribution >= 0.6 is 0 Å². The first-order valence-electron chi connectivity index (χ1n) is 9.62. The average Bonchev–Trinajstić information content (AvgIpc) is 3.17. The predicted molar refractivity (Wildman–Crippen MR) is 91.1 cm³/mol. The van der Waals surface area contributed by atoms with E-state index < -0.39 is 5.97 Å². The number of ether oxygens (including phenoxy) is 1. The first-order valence-corrected chi connectivity index (χ1v) is 9.62. The third kappa shape index (κ3) is 3.09. The standard InChI is InChI=1S/C18H31N3O3/c1-2-13-7-15(13)20-14-8-18(24-10-14)3-5-21(6-4-18)17(9-16(22)23)11-19-12-17/h13-15,19-20H,2-12H2,1H3,(H,22,23)/t13-,14?,15-/m1/s1. The monoisotopic (exact) mass is 337 g/mol. The zero-order valence-electron chi connectivity index (χ0n) is 14.7. The van der Waals surface area contributed by atoms with Crippen LogP contribution in [-0.2, 0) is 9.53 Å². The van der Waals surface area contributed by atoms with Crippen molar-refractivity contribution in [3.63, 3.8) is 0 Å². The Bertz CT molecular complexity index is 486. The van der Waals surface area contributed by atoms with Gasteiger partial charge in [0, 0.05) is 38.3 Å². The van der Waals surface area contributed by atoms with Crippen LogP contribution in [0.3, 0.4) is 0 Å². The molecule has 0 aromatic rings. The first kappa shape index (κ1) is 16.8. The number of nitrogens with one attached hydrogen (secondary N) is 2. The zero-order chi connectivity index (χ0) is 16.8. The maximum absolute atomic E-state index is 11.2. The van der Waals surface area contributed by atoms with Crippen molar-refractivity contribution in [1.29, 1.82) is 0 Å². The fourth-order valence-electron chi connectivity index (χ4n) is 5.05. The molecule has 1 spiro atoms. The van der Waals surface area contributed by atoms with E-state index in [9.17, 15) is 9.90 Å². The highest BCUT2D eigenvalue weighted by Crippen LogP contribution is 2.41. The second-order valence-electron chi connectivity index (χ2n) is 8.46. The Hall–Kier alpha value is -0.690. The van der Waals surface area contributed by atoms with Gasteiger partial charge >= 0.3 is 5.97 Å². The Kier molecular flexibility index (Phi) is 4.35. The van der Waals surface area contributed by atoms with Gasteiger partial charge in [0.1, 0.15) is 0 Å². The maximum Gasteiger partial charge on any atom is 0.305 e. The Balaban J connectivity index is 1.29. The quantitative estimate of drug-likeness (QED) is 0.666. The number of carbonyl (C=O) groups is 1. The fourth-order valence-corrected chi connectivity index (χ4v) is 5.05. The minimum absolute atomic E-state index is 0.0341. The summed E-state index contributed by atoms with van der Waals surface area (Å²) >= 11 is 0. The van der Waals surface area contributed by atoms with E-state index in [1.165, 1.54) is 12.8 Å². The van der Waals surface area contributed by atoms with Gasteiger partial charge in [0.05, 0.1) is 24.2 Å². The highest BCUT2D eigenvalue weighted by Gasteiger charge is 2.50. The number of likely N-dealkylation sites (tertiary alicyclic amines) is 1. The van der Waals surface area contributed by atoms with Gasteiger partial charge in [-0.15, -0.1) is 0 Å². The van der Waals surface area contributed by atoms with Crippen molar-refractivity contribution in [2.24, 2.45) is 5.92 Å². The molecule has 0 amide bonds. The minimum Gasteiger partial charge on any atom is -0.481 e. The van der Waals surface area contributed by atoms with Crippen LogP contribution in [-0.4, -0.2) is 72.0 Å². The summed E-state index contributed by atoms with van der Waals surface area (Å²) in [5.74, 6) is 0.193. The molecule has 24 heavy (non-hydrogen) atoms. The van der Waals surface area contributed by atoms with E-state index >= 15 is 0 Å². The molecule has 4 fully saturated rings. The lowest BCUT2D eigenvalue weighted by atomic mass is 9.81. The van der Waals surface area contributed by atoms with E-state index in [1.807, 2.05) is 0 Å². The number of aliphatic carboxylic acids is 1. The van der Waals surface area contributed by atoms with Crippen molar-refractivity contribution >= 4 is 5.97 Å². The van der Waals surface area contributed by atoms with Gasteiger partial charge in [-0.1, -0.05) is 13.3 Å². The molecule has 3 atom stereocenters. The van der Waals surface area contributed by atoms with Crippen LogP contribution in [0.4, 0.5) is 0 Å². The molecule has 1 unspecified atom stereocenters. The van der Waals surface area contributed by atoms with E-state index in [2.05, 4.69) is 22.5 Å². The second kappa shape index (κ2) is 6.24. The van der Waals surface area contributed by atoms with Gasteiger partial charge in [-0.25, -0.2) is 0 Å². The summed E-state index contributed by atoms with van der Waals surface area (Å²) in [6.45, 7) is 6.64. The number of nitrogens with zero attached hydrogens (tertiary/aromatic N) is 1. The lowest BCUT2D eigenvalue weighted by Crippen LogP contribution is -2.71. The molecule has 0 radical (unpaired) electrons. The highest BCUT2D eigenvalue weighted by atomic mass is 16.5. The molecule has 3 heterocycles. The van der Waals surface area contributed by atoms with Crippen LogP contribution in [0.2, 0.25) is 0 Å². The van der Waals surface area contributed by atoms with Gasteiger partial charge in [-0.3, -0.25) is 9.69 Å². The van der Waals surface area contributed by atoms with Crippen molar-refractivity contribution in [1.82, 2.24) is 15.5 Å². The molecule has 136 valence electrons. The molecule has 0 aromatic carbocycles. The average molecular weight is 337 g/mol. The molecule has 6 nitrogen and oxygen atoms in total. The first-order chi connectivity index (χ1) is 11.5. The van der Waals surface area contributed by atoms with Crippen LogP contribution in [0, 0.1) is 5.92 Å². The third-order valence-corrected chi connectivity index (χ3v) is 6.84. The summed E-state index contributed by atoms with van der Waals surface area (Å²) in [5, 5.41) is 16.3. The van der Waals surface area contributed by atoms with Crippen molar-refractivity contribution in [3.05, 3.63) is 0 Å². The van der Waals surface area contributed by atoms with Crippen LogP contribution < -0.4 is 10.6 Å². The van der Waals surface area contributed by atoms with E-state index in [-0.39, 0.29) is 17.6 Å². The van der Waals surface area contributed by atoms with Crippen LogP contribution in [0.15, 0.2) is 0 Å². The van der Waals surface area contributed by atoms with E-state index in [4.69, 9.17) is 4.74 Å². The summed E-state index contributed by atoms with van der Waals surface area (Å²) in [5.41, 5.74) is -0.127. The molecule has 4 aliphatic rings. The van der Waals surface area contributed by atoms with Crippen LogP contribution in [0.5, 0.6) is 0 Å². The molecule has 1 aliphatic carbocycles. The van der Waals surface area contributed by atoms with Crippen molar-refractivity contribution < 1.29 is 14.6 Å². The smallest absolute Gasteiger partial charge is 0.305 e. The summed E-state index contributed by atoms with van der Waals surface area (Å²) < 4.78 is 6.26. The second-order valence-corrected chi connectivity index (χ2v) is 8.46. The summed E-state index contributed by atoms with van der Waals surface area (Å²) in [4.78, 5) is 13.6. The molecule has 1 saturated carbocycles. The number of rotatable bonds is 6. The van der Waals surface area contributed by atoms with Crippen LogP contribution in [0.25, 0.3) is 0 Å². The van der Waals surface area contributed by atoms with E-state index in [0.717, 1.165) is 64.0 Å². The van der Waals surface area contributed by atoms with Crippen LogP contribution in [0.1, 0.15) is 45.4 Å². The Morgan fingerprint density at radius 2 is 2.12 bits per heavy atom. The maximum atomic E-state index is 11.2. The number of piperidine rings is 1. The fraction of sp³-hybridized carbons (Fsp3) is 0.944. The van der Waals surface area contributed by atoms with Crippen molar-refractivity contribution in [3.8, 4) is 0 Å². The van der Waals surface area contributed by atoms with Crippen molar-refractivity contribution in [2.45, 2.75) is 68.7 Å². The lowest BCUT2D eigenvalue weighted by molar-refractivity contribution is -0.143. The Labute approximate surface area is 144 Å². The number of hydrogen-bond donors (Lipinski definition) is 3. The third-order valence-electron chi connectivity index (χ3n) is 6.84. The molecule has 3 saturated heterocycles. The largest absolute Gasteiger partial charge is 0.481 e. The molecular formula is C18H31N3O3. The molecule has 4 rings (SSSR count). The molecule has 6 heteroatoms. The summed E-state index contributed by atoms with van der Waals surface area (Å²) in [7, 11) is 0. The van der Waals surface area contributed by atoms with Gasteiger partial charge < -0.3 is 20.5 Å². The summed E-state index contributed by atoms with van der Waals surface area (Å²) in [6, 6.07) is 1.23. The highest BCUT2D eigenvalue weighted by molar-refractivity contribution is 5.68. The minimum atomic E-state index is -0.687. The lowest BCUT2D eigenvalue weighted by Gasteiger charge is -2.53. The van der Waals surface area contributed by atoms with E-state index in [1.54, 1.807) is 0 Å². The van der Waals surface area contributed by atoms with Gasteiger partial charge in [0.25, 0.3) is 0 Å².